The first kappa shape index (κ1) is 23.7. The monoisotopic (exact) mass is 480 g/mol. The van der Waals surface area contributed by atoms with Crippen LogP contribution >= 0.6 is 0 Å². The van der Waals surface area contributed by atoms with E-state index < -0.39 is 5.91 Å². The fourth-order valence-electron chi connectivity index (χ4n) is 6.23. The average Bonchev–Trinajstić information content (AvgIpc) is 3.06. The molecule has 5 unspecified atom stereocenters. The van der Waals surface area contributed by atoms with Gasteiger partial charge in [-0.05, 0) is 75.0 Å². The van der Waals surface area contributed by atoms with Gasteiger partial charge in [0.1, 0.15) is 11.6 Å². The largest absolute Gasteiger partial charge is 0.491 e. The van der Waals surface area contributed by atoms with Gasteiger partial charge in [-0.15, -0.1) is 0 Å². The number of fused-ring (bicyclic) bond motifs is 3. The number of hydrogen-bond donors (Lipinski definition) is 4. The molecule has 0 radical (unpaired) electrons. The molecule has 0 saturated heterocycles. The third-order valence-electron chi connectivity index (χ3n) is 7.86. The number of primary amides is 1. The number of nitrogens with zero attached hydrogens (tertiary/aromatic N) is 2. The Bertz CT molecular complexity index is 1090. The number of ether oxygens (including phenoxy) is 2. The van der Waals surface area contributed by atoms with E-state index in [0.29, 0.717) is 41.7 Å². The van der Waals surface area contributed by atoms with Crippen molar-refractivity contribution in [1.82, 2.24) is 9.97 Å². The molecule has 1 aromatic carbocycles. The summed E-state index contributed by atoms with van der Waals surface area (Å²) < 4.78 is 11.7. The van der Waals surface area contributed by atoms with Gasteiger partial charge in [-0.3, -0.25) is 4.79 Å². The van der Waals surface area contributed by atoms with Crippen molar-refractivity contribution < 1.29 is 14.3 Å². The van der Waals surface area contributed by atoms with Crippen LogP contribution in [-0.2, 0) is 4.74 Å². The van der Waals surface area contributed by atoms with Gasteiger partial charge in [-0.2, -0.15) is 4.98 Å². The molecule has 5 atom stereocenters. The lowest BCUT2D eigenvalue weighted by Crippen LogP contribution is -2.50. The maximum absolute atomic E-state index is 12.2. The van der Waals surface area contributed by atoms with Crippen LogP contribution in [0.25, 0.3) is 0 Å². The highest BCUT2D eigenvalue weighted by Crippen LogP contribution is 2.48. The Balaban J connectivity index is 1.39. The number of benzene rings is 1. The highest BCUT2D eigenvalue weighted by Gasteiger charge is 2.46. The highest BCUT2D eigenvalue weighted by molar-refractivity contribution is 5.97. The van der Waals surface area contributed by atoms with Gasteiger partial charge < -0.3 is 31.2 Å². The number of anilines is 4. The van der Waals surface area contributed by atoms with Crippen molar-refractivity contribution in [2.45, 2.75) is 57.6 Å². The first-order chi connectivity index (χ1) is 16.8. The van der Waals surface area contributed by atoms with Crippen molar-refractivity contribution in [3.63, 3.8) is 0 Å². The molecule has 2 bridgehead atoms. The molecule has 1 amide bonds. The highest BCUT2D eigenvalue weighted by atomic mass is 16.5. The van der Waals surface area contributed by atoms with Crippen molar-refractivity contribution in [2.24, 2.45) is 23.5 Å². The predicted molar refractivity (Wildman–Crippen MR) is 136 cm³/mol. The number of amides is 1. The Labute approximate surface area is 206 Å². The number of methoxy groups -OCH3 is 1. The topological polar surface area (TPSA) is 123 Å². The molecule has 2 aromatic rings. The predicted octanol–water partition coefficient (Wildman–Crippen LogP) is 4.16. The maximum Gasteiger partial charge on any atom is 0.254 e. The van der Waals surface area contributed by atoms with Gasteiger partial charge in [0.2, 0.25) is 5.95 Å². The Morgan fingerprint density at radius 3 is 2.97 bits per heavy atom. The van der Waals surface area contributed by atoms with E-state index in [0.717, 1.165) is 55.8 Å². The minimum atomic E-state index is -0.544. The number of carbonyl (C=O) groups excluding carboxylic acids is 1. The number of aromatic nitrogens is 2. The second kappa shape index (κ2) is 9.53. The number of nitrogens with one attached hydrogen (secondary N) is 3. The normalized spacial score (nSPS) is 29.7. The maximum atomic E-state index is 12.2. The number of rotatable bonds is 6. The third-order valence-corrected chi connectivity index (χ3v) is 7.86. The minimum Gasteiger partial charge on any atom is -0.491 e. The molecule has 3 aliphatic rings. The van der Waals surface area contributed by atoms with Crippen LogP contribution < -0.4 is 26.4 Å². The van der Waals surface area contributed by atoms with E-state index in [1.165, 1.54) is 6.20 Å². The molecule has 0 spiro atoms. The molecule has 5 N–H and O–H groups in total. The van der Waals surface area contributed by atoms with Crippen LogP contribution in [0.4, 0.5) is 23.1 Å². The zero-order chi connectivity index (χ0) is 24.6. The van der Waals surface area contributed by atoms with E-state index in [1.54, 1.807) is 0 Å². The number of carbonyl (C=O) groups is 1. The summed E-state index contributed by atoms with van der Waals surface area (Å²) in [7, 11) is 1.81. The van der Waals surface area contributed by atoms with Crippen LogP contribution in [0.3, 0.4) is 0 Å². The molecule has 1 aromatic heterocycles. The molecular formula is C26H36N6O3. The third kappa shape index (κ3) is 5.00. The van der Waals surface area contributed by atoms with Crippen molar-refractivity contribution in [3.05, 3.63) is 30.0 Å². The summed E-state index contributed by atoms with van der Waals surface area (Å²) in [5.41, 5.74) is 7.64. The lowest BCUT2D eigenvalue weighted by atomic mass is 9.61. The van der Waals surface area contributed by atoms with E-state index in [-0.39, 0.29) is 11.6 Å². The fraction of sp³-hybridized carbons (Fsp3) is 0.577. The van der Waals surface area contributed by atoms with Crippen LogP contribution in [0.2, 0.25) is 0 Å². The second-order valence-corrected chi connectivity index (χ2v) is 10.6. The Kier molecular flexibility index (Phi) is 6.44. The van der Waals surface area contributed by atoms with Crippen molar-refractivity contribution >= 4 is 29.0 Å². The van der Waals surface area contributed by atoms with Crippen LogP contribution in [0.1, 0.15) is 56.3 Å². The molecule has 1 aliphatic heterocycles. The van der Waals surface area contributed by atoms with Crippen LogP contribution in [0.15, 0.2) is 24.4 Å². The molecule has 188 valence electrons. The van der Waals surface area contributed by atoms with Gasteiger partial charge in [0.15, 0.2) is 0 Å². The zero-order valence-corrected chi connectivity index (χ0v) is 20.8. The molecule has 2 aliphatic carbocycles. The van der Waals surface area contributed by atoms with Gasteiger partial charge in [0.25, 0.3) is 5.91 Å². The van der Waals surface area contributed by atoms with E-state index in [4.69, 9.17) is 20.2 Å². The summed E-state index contributed by atoms with van der Waals surface area (Å²) in [6.07, 6.45) is 6.82. The molecule has 2 fully saturated rings. The fourth-order valence-corrected chi connectivity index (χ4v) is 6.23. The van der Waals surface area contributed by atoms with Crippen molar-refractivity contribution in [1.29, 1.82) is 0 Å². The summed E-state index contributed by atoms with van der Waals surface area (Å²) in [6, 6.07) is 6.02. The molecule has 9 heteroatoms. The van der Waals surface area contributed by atoms with Crippen LogP contribution in [-0.4, -0.2) is 47.8 Å². The lowest BCUT2D eigenvalue weighted by molar-refractivity contribution is -0.0786. The number of nitrogens with two attached hydrogens (primary N) is 1. The van der Waals surface area contributed by atoms with Crippen LogP contribution in [0, 0.1) is 17.8 Å². The van der Waals surface area contributed by atoms with E-state index in [9.17, 15) is 4.79 Å². The van der Waals surface area contributed by atoms with Crippen molar-refractivity contribution in [3.8, 4) is 5.75 Å². The van der Waals surface area contributed by atoms with Crippen molar-refractivity contribution in [2.75, 3.05) is 36.2 Å². The molecule has 2 heterocycles. The zero-order valence-electron chi connectivity index (χ0n) is 20.8. The molecule has 5 rings (SSSR count). The quantitative estimate of drug-likeness (QED) is 0.486. The summed E-state index contributed by atoms with van der Waals surface area (Å²) >= 11 is 0. The van der Waals surface area contributed by atoms with Gasteiger partial charge in [0, 0.05) is 31.6 Å². The first-order valence-electron chi connectivity index (χ1n) is 12.6. The minimum absolute atomic E-state index is 0.109. The van der Waals surface area contributed by atoms with Crippen LogP contribution in [0.5, 0.6) is 5.75 Å². The standard InChI is InChI=1S/C26H36N6O3/c1-15-9-16-10-17(13-26(2,12-16)34-3)22(15)31-24-19(23(27)33)14-29-25(32-24)30-18-5-6-21-20(11-18)28-7-4-8-35-21/h5-6,11,14-17,22,28H,4,7-10,12-13H2,1-3H3,(H2,27,33)(H2,29,30,31,32). The second-order valence-electron chi connectivity index (χ2n) is 10.6. The molecule has 9 nitrogen and oxygen atoms in total. The van der Waals surface area contributed by atoms with Gasteiger partial charge in [-0.1, -0.05) is 6.92 Å². The lowest BCUT2D eigenvalue weighted by Gasteiger charge is -2.50. The molecule has 2 saturated carbocycles. The van der Waals surface area contributed by atoms with E-state index >= 15 is 0 Å². The summed E-state index contributed by atoms with van der Waals surface area (Å²) in [5, 5.41) is 10.3. The Morgan fingerprint density at radius 2 is 2.17 bits per heavy atom. The van der Waals surface area contributed by atoms with E-state index in [1.807, 2.05) is 25.3 Å². The first-order valence-corrected chi connectivity index (χ1v) is 12.6. The van der Waals surface area contributed by atoms with Gasteiger partial charge >= 0.3 is 0 Å². The van der Waals surface area contributed by atoms with E-state index in [2.05, 4.69) is 34.8 Å². The molecule has 35 heavy (non-hydrogen) atoms. The molecular weight excluding hydrogens is 444 g/mol. The summed E-state index contributed by atoms with van der Waals surface area (Å²) in [5.74, 6) is 2.71. The van der Waals surface area contributed by atoms with Gasteiger partial charge in [-0.25, -0.2) is 4.98 Å². The summed E-state index contributed by atoms with van der Waals surface area (Å²) in [6.45, 7) is 6.05. The smallest absolute Gasteiger partial charge is 0.254 e. The Hall–Kier alpha value is -3.07. The Morgan fingerprint density at radius 1 is 1.31 bits per heavy atom. The SMILES string of the molecule is COC1(C)CC2CC(C)C(Nc3nc(Nc4ccc5c(c4)NCCCO5)ncc3C(N)=O)C(C2)C1. The summed E-state index contributed by atoms with van der Waals surface area (Å²) in [4.78, 5) is 21.3. The average molecular weight is 481 g/mol. The van der Waals surface area contributed by atoms with Gasteiger partial charge in [0.05, 0.1) is 23.5 Å². The number of hydrogen-bond acceptors (Lipinski definition) is 8.